The molecule has 0 spiro atoms. The number of hydrogen-bond acceptors (Lipinski definition) is 3. The summed E-state index contributed by atoms with van der Waals surface area (Å²) in [6, 6.07) is 5.11. The molecule has 3 heteroatoms. The van der Waals surface area contributed by atoms with Crippen LogP contribution in [0.5, 0.6) is 0 Å². The quantitative estimate of drug-likeness (QED) is 0.886. The Morgan fingerprint density at radius 2 is 2.29 bits per heavy atom. The molecule has 96 valence electrons. The largest absolute Gasteiger partial charge is 0.312 e. The lowest BCUT2D eigenvalue weighted by molar-refractivity contribution is 0.203. The number of piperidine rings is 1. The van der Waals surface area contributed by atoms with Crippen molar-refractivity contribution in [3.8, 4) is 0 Å². The Bertz CT molecular complexity index is 321. The van der Waals surface area contributed by atoms with Crippen LogP contribution in [0.3, 0.4) is 0 Å². The van der Waals surface area contributed by atoms with Gasteiger partial charge in [0.15, 0.2) is 0 Å². The first kappa shape index (κ1) is 13.1. The molecule has 0 radical (unpaired) electrons. The van der Waals surface area contributed by atoms with Crippen LogP contribution in [0, 0.1) is 5.92 Å². The molecular weight excluding hydrogens is 228 g/mol. The van der Waals surface area contributed by atoms with E-state index >= 15 is 0 Å². The van der Waals surface area contributed by atoms with Gasteiger partial charge in [-0.2, -0.15) is 0 Å². The molecule has 1 fully saturated rings. The molecule has 2 nitrogen and oxygen atoms in total. The maximum Gasteiger partial charge on any atom is 0.0201 e. The van der Waals surface area contributed by atoms with Crippen molar-refractivity contribution in [2.45, 2.75) is 32.2 Å². The van der Waals surface area contributed by atoms with Crippen molar-refractivity contribution in [1.29, 1.82) is 0 Å². The van der Waals surface area contributed by atoms with Crippen molar-refractivity contribution in [3.05, 3.63) is 22.4 Å². The second-order valence-electron chi connectivity index (χ2n) is 5.67. The van der Waals surface area contributed by atoms with Crippen molar-refractivity contribution in [3.63, 3.8) is 0 Å². The molecular formula is C14H24N2S. The summed E-state index contributed by atoms with van der Waals surface area (Å²) in [4.78, 5) is 4.01. The predicted octanol–water partition coefficient (Wildman–Crippen LogP) is 2.78. The van der Waals surface area contributed by atoms with E-state index in [4.69, 9.17) is 0 Å². The molecule has 1 aromatic rings. The van der Waals surface area contributed by atoms with Gasteiger partial charge in [-0.15, -0.1) is 11.3 Å². The average molecular weight is 252 g/mol. The highest BCUT2D eigenvalue weighted by Crippen LogP contribution is 2.29. The molecule has 0 aromatic carbocycles. The highest BCUT2D eigenvalue weighted by atomic mass is 32.1. The normalized spacial score (nSPS) is 26.6. The van der Waals surface area contributed by atoms with Crippen molar-refractivity contribution >= 4 is 11.3 Å². The zero-order chi connectivity index (χ0) is 12.3. The number of rotatable bonds is 4. The van der Waals surface area contributed by atoms with E-state index in [9.17, 15) is 0 Å². The first-order valence-electron chi connectivity index (χ1n) is 6.60. The molecule has 1 aliphatic rings. The lowest BCUT2D eigenvalue weighted by atomic mass is 9.93. The molecule has 0 bridgehead atoms. The third-order valence-corrected chi connectivity index (χ3v) is 4.43. The second-order valence-corrected chi connectivity index (χ2v) is 6.65. The summed E-state index contributed by atoms with van der Waals surface area (Å²) >= 11 is 1.90. The molecule has 0 aliphatic carbocycles. The Kier molecular flexibility index (Phi) is 4.60. The summed E-state index contributed by atoms with van der Waals surface area (Å²) in [5.74, 6) is 1.46. The Labute approximate surface area is 109 Å². The van der Waals surface area contributed by atoms with Crippen molar-refractivity contribution in [2.24, 2.45) is 5.92 Å². The van der Waals surface area contributed by atoms with Gasteiger partial charge in [0.2, 0.25) is 0 Å². The summed E-state index contributed by atoms with van der Waals surface area (Å²) < 4.78 is 0. The fraction of sp³-hybridized carbons (Fsp3) is 0.714. The van der Waals surface area contributed by atoms with Crippen molar-refractivity contribution in [2.75, 3.05) is 26.7 Å². The third-order valence-electron chi connectivity index (χ3n) is 3.39. The van der Waals surface area contributed by atoms with Crippen molar-refractivity contribution in [1.82, 2.24) is 10.2 Å². The molecule has 0 saturated carbocycles. The van der Waals surface area contributed by atoms with Gasteiger partial charge in [-0.25, -0.2) is 0 Å². The minimum atomic E-state index is 0.656. The van der Waals surface area contributed by atoms with E-state index in [2.05, 4.69) is 48.6 Å². The zero-order valence-electron chi connectivity index (χ0n) is 11.1. The van der Waals surface area contributed by atoms with E-state index in [1.165, 1.54) is 19.5 Å². The molecule has 1 aliphatic heterocycles. The summed E-state index contributed by atoms with van der Waals surface area (Å²) in [5.41, 5.74) is 0. The van der Waals surface area contributed by atoms with Gasteiger partial charge in [0.25, 0.3) is 0 Å². The molecule has 2 unspecified atom stereocenters. The number of nitrogens with one attached hydrogen (secondary N) is 1. The molecule has 1 saturated heterocycles. The number of hydrogen-bond donors (Lipinski definition) is 1. The molecule has 0 amide bonds. The van der Waals surface area contributed by atoms with Crippen LogP contribution in [-0.2, 0) is 0 Å². The molecule has 17 heavy (non-hydrogen) atoms. The van der Waals surface area contributed by atoms with Crippen LogP contribution in [0.25, 0.3) is 0 Å². The van der Waals surface area contributed by atoms with E-state index in [0.29, 0.717) is 6.04 Å². The maximum atomic E-state index is 3.71. The highest BCUT2D eigenvalue weighted by Gasteiger charge is 2.26. The van der Waals surface area contributed by atoms with Crippen LogP contribution >= 0.6 is 11.3 Å². The summed E-state index contributed by atoms with van der Waals surface area (Å²) in [6.07, 6.45) is 1.29. The summed E-state index contributed by atoms with van der Waals surface area (Å²) in [5, 5.41) is 5.90. The first-order valence-corrected chi connectivity index (χ1v) is 7.48. The monoisotopic (exact) mass is 252 g/mol. The van der Waals surface area contributed by atoms with Gasteiger partial charge in [0.05, 0.1) is 0 Å². The van der Waals surface area contributed by atoms with Crippen LogP contribution in [-0.4, -0.2) is 37.6 Å². The Morgan fingerprint density at radius 1 is 1.47 bits per heavy atom. The van der Waals surface area contributed by atoms with Crippen LogP contribution in [0.15, 0.2) is 17.5 Å². The highest BCUT2D eigenvalue weighted by molar-refractivity contribution is 7.10. The SMILES string of the molecule is CC(C)CNC1CC(c2cccs2)CN(C)C1. The van der Waals surface area contributed by atoms with Crippen LogP contribution in [0.4, 0.5) is 0 Å². The first-order chi connectivity index (χ1) is 8.15. The van der Waals surface area contributed by atoms with Gasteiger partial charge in [-0.05, 0) is 37.4 Å². The smallest absolute Gasteiger partial charge is 0.0201 e. The molecule has 1 N–H and O–H groups in total. The number of likely N-dealkylation sites (N-methyl/N-ethyl adjacent to an activating group) is 1. The van der Waals surface area contributed by atoms with E-state index in [1.807, 2.05) is 11.3 Å². The van der Waals surface area contributed by atoms with Gasteiger partial charge < -0.3 is 10.2 Å². The zero-order valence-corrected chi connectivity index (χ0v) is 12.0. The predicted molar refractivity (Wildman–Crippen MR) is 75.8 cm³/mol. The van der Waals surface area contributed by atoms with E-state index in [0.717, 1.165) is 18.4 Å². The third kappa shape index (κ3) is 3.80. The molecule has 2 atom stereocenters. The number of likely N-dealkylation sites (tertiary alicyclic amines) is 1. The van der Waals surface area contributed by atoms with Gasteiger partial charge in [0.1, 0.15) is 0 Å². The minimum absolute atomic E-state index is 0.656. The molecule has 2 rings (SSSR count). The molecule has 1 aromatic heterocycles. The maximum absolute atomic E-state index is 3.71. The second kappa shape index (κ2) is 5.98. The van der Waals surface area contributed by atoms with Gasteiger partial charge in [0, 0.05) is 29.9 Å². The standard InChI is InChI=1S/C14H24N2S/c1-11(2)8-15-13-7-12(9-16(3)10-13)14-5-4-6-17-14/h4-6,11-13,15H,7-10H2,1-3H3. The fourth-order valence-electron chi connectivity index (χ4n) is 2.60. The average Bonchev–Trinajstić information content (AvgIpc) is 2.79. The number of thiophene rings is 1. The van der Waals surface area contributed by atoms with Crippen LogP contribution in [0.2, 0.25) is 0 Å². The molecule has 2 heterocycles. The summed E-state index contributed by atoms with van der Waals surface area (Å²) in [6.45, 7) is 8.08. The lowest BCUT2D eigenvalue weighted by Crippen LogP contribution is -2.47. The summed E-state index contributed by atoms with van der Waals surface area (Å²) in [7, 11) is 2.24. The minimum Gasteiger partial charge on any atom is -0.312 e. The fourth-order valence-corrected chi connectivity index (χ4v) is 3.43. The van der Waals surface area contributed by atoms with Crippen molar-refractivity contribution < 1.29 is 0 Å². The van der Waals surface area contributed by atoms with E-state index in [-0.39, 0.29) is 0 Å². The van der Waals surface area contributed by atoms with Gasteiger partial charge >= 0.3 is 0 Å². The Balaban J connectivity index is 1.92. The number of nitrogens with zero attached hydrogens (tertiary/aromatic N) is 1. The Morgan fingerprint density at radius 3 is 2.94 bits per heavy atom. The Hall–Kier alpha value is -0.380. The topological polar surface area (TPSA) is 15.3 Å². The van der Waals surface area contributed by atoms with Gasteiger partial charge in [-0.3, -0.25) is 0 Å². The van der Waals surface area contributed by atoms with Crippen LogP contribution in [0.1, 0.15) is 31.1 Å². The van der Waals surface area contributed by atoms with Crippen LogP contribution < -0.4 is 5.32 Å². The van der Waals surface area contributed by atoms with E-state index in [1.54, 1.807) is 4.88 Å². The lowest BCUT2D eigenvalue weighted by Gasteiger charge is -2.36. The van der Waals surface area contributed by atoms with Gasteiger partial charge in [-0.1, -0.05) is 19.9 Å². The van der Waals surface area contributed by atoms with E-state index < -0.39 is 0 Å².